The number of hydrogen-bond donors (Lipinski definition) is 0. The minimum atomic E-state index is -0.231. The molecule has 2 saturated heterocycles. The largest absolute Gasteiger partial charge is 0.496 e. The van der Waals surface area contributed by atoms with E-state index in [1.165, 1.54) is 6.07 Å². The average Bonchev–Trinajstić information content (AvgIpc) is 3.23. The molecular formula is C19H27FN2O2. The van der Waals surface area contributed by atoms with Gasteiger partial charge in [0.05, 0.1) is 7.11 Å². The molecule has 3 rings (SSSR count). The van der Waals surface area contributed by atoms with Gasteiger partial charge in [-0.1, -0.05) is 6.92 Å². The number of hydrogen-bond acceptors (Lipinski definition) is 3. The molecule has 2 fully saturated rings. The van der Waals surface area contributed by atoms with E-state index in [1.807, 2.05) is 6.92 Å². The second kappa shape index (κ2) is 7.51. The topological polar surface area (TPSA) is 32.8 Å². The first kappa shape index (κ1) is 17.2. The number of ether oxygens (including phenoxy) is 1. The van der Waals surface area contributed by atoms with Crippen LogP contribution >= 0.6 is 0 Å². The highest BCUT2D eigenvalue weighted by Gasteiger charge is 2.39. The lowest BCUT2D eigenvalue weighted by Gasteiger charge is -2.35. The molecule has 1 aromatic rings. The summed E-state index contributed by atoms with van der Waals surface area (Å²) >= 11 is 0. The van der Waals surface area contributed by atoms with Crippen LogP contribution in [0.15, 0.2) is 18.2 Å². The molecule has 1 aromatic carbocycles. The minimum absolute atomic E-state index is 0.231. The van der Waals surface area contributed by atoms with Gasteiger partial charge in [0.15, 0.2) is 0 Å². The van der Waals surface area contributed by atoms with Gasteiger partial charge >= 0.3 is 0 Å². The molecular weight excluding hydrogens is 307 g/mol. The second-order valence-corrected chi connectivity index (χ2v) is 6.79. The number of methoxy groups -OCH3 is 1. The summed E-state index contributed by atoms with van der Waals surface area (Å²) in [6.45, 7) is 4.48. The highest BCUT2D eigenvalue weighted by molar-refractivity contribution is 5.76. The number of rotatable bonds is 5. The number of amides is 1. The van der Waals surface area contributed by atoms with Gasteiger partial charge in [0, 0.05) is 37.2 Å². The number of nitrogens with zero attached hydrogens (tertiary/aromatic N) is 2. The van der Waals surface area contributed by atoms with E-state index < -0.39 is 0 Å². The Bertz CT molecular complexity index is 593. The Morgan fingerprint density at radius 3 is 2.75 bits per heavy atom. The zero-order valence-electron chi connectivity index (χ0n) is 14.6. The molecule has 0 radical (unpaired) electrons. The van der Waals surface area contributed by atoms with Gasteiger partial charge < -0.3 is 9.64 Å². The fraction of sp³-hybridized carbons (Fsp3) is 0.632. The number of carbonyl (C=O) groups is 1. The highest BCUT2D eigenvalue weighted by Crippen LogP contribution is 2.32. The van der Waals surface area contributed by atoms with Crippen LogP contribution in [-0.4, -0.2) is 48.0 Å². The third kappa shape index (κ3) is 3.41. The van der Waals surface area contributed by atoms with Crippen molar-refractivity contribution in [2.45, 2.75) is 57.7 Å². The number of likely N-dealkylation sites (tertiary alicyclic amines) is 2. The molecule has 2 heterocycles. The van der Waals surface area contributed by atoms with E-state index in [-0.39, 0.29) is 11.7 Å². The predicted molar refractivity (Wildman–Crippen MR) is 91.4 cm³/mol. The molecule has 2 atom stereocenters. The van der Waals surface area contributed by atoms with E-state index >= 15 is 0 Å². The Hall–Kier alpha value is -1.62. The number of benzene rings is 1. The SMILES string of the molecule is CCC(=O)N1CCC[C@H]1[C@@H]1CCCN1Cc1cc(F)ccc1OC. The van der Waals surface area contributed by atoms with Crippen LogP contribution in [0.1, 0.15) is 44.6 Å². The Labute approximate surface area is 143 Å². The van der Waals surface area contributed by atoms with Crippen molar-refractivity contribution in [3.8, 4) is 5.75 Å². The van der Waals surface area contributed by atoms with Gasteiger partial charge in [-0.3, -0.25) is 9.69 Å². The molecule has 0 N–H and O–H groups in total. The summed E-state index contributed by atoms with van der Waals surface area (Å²) in [7, 11) is 1.62. The summed E-state index contributed by atoms with van der Waals surface area (Å²) in [6, 6.07) is 5.37. The van der Waals surface area contributed by atoms with Gasteiger partial charge in [-0.15, -0.1) is 0 Å². The van der Waals surface area contributed by atoms with Crippen LogP contribution in [0, 0.1) is 5.82 Å². The van der Waals surface area contributed by atoms with Crippen LogP contribution in [0.25, 0.3) is 0 Å². The first-order chi connectivity index (χ1) is 11.6. The molecule has 24 heavy (non-hydrogen) atoms. The third-order valence-corrected chi connectivity index (χ3v) is 5.40. The summed E-state index contributed by atoms with van der Waals surface area (Å²) in [6.07, 6.45) is 4.97. The standard InChI is InChI=1S/C19H27FN2O2/c1-3-19(23)22-11-5-7-17(22)16-6-4-10-21(16)13-14-12-15(20)8-9-18(14)24-2/h8-9,12,16-17H,3-7,10-11,13H2,1-2H3/t16-,17-/m0/s1. The van der Waals surface area contributed by atoms with E-state index in [1.54, 1.807) is 19.2 Å². The van der Waals surface area contributed by atoms with Crippen LogP contribution in [0.3, 0.4) is 0 Å². The van der Waals surface area contributed by atoms with Crippen molar-refractivity contribution in [2.75, 3.05) is 20.2 Å². The molecule has 0 aliphatic carbocycles. The minimum Gasteiger partial charge on any atom is -0.496 e. The van der Waals surface area contributed by atoms with Crippen molar-refractivity contribution in [3.63, 3.8) is 0 Å². The molecule has 2 aliphatic heterocycles. The molecule has 1 amide bonds. The van der Waals surface area contributed by atoms with E-state index in [4.69, 9.17) is 4.74 Å². The van der Waals surface area contributed by atoms with E-state index in [0.29, 0.717) is 25.0 Å². The number of carbonyl (C=O) groups excluding carboxylic acids is 1. The number of halogens is 1. The van der Waals surface area contributed by atoms with Crippen molar-refractivity contribution < 1.29 is 13.9 Å². The first-order valence-electron chi connectivity index (χ1n) is 9.00. The van der Waals surface area contributed by atoms with Gasteiger partial charge in [-0.25, -0.2) is 4.39 Å². The Balaban J connectivity index is 1.76. The van der Waals surface area contributed by atoms with Crippen molar-refractivity contribution in [3.05, 3.63) is 29.6 Å². The first-order valence-corrected chi connectivity index (χ1v) is 9.00. The van der Waals surface area contributed by atoms with E-state index in [9.17, 15) is 9.18 Å². The fourth-order valence-corrected chi connectivity index (χ4v) is 4.28. The summed E-state index contributed by atoms with van der Waals surface area (Å²) in [5.74, 6) is 0.757. The molecule has 0 spiro atoms. The molecule has 2 aliphatic rings. The zero-order valence-corrected chi connectivity index (χ0v) is 14.6. The molecule has 0 unspecified atom stereocenters. The molecule has 132 valence electrons. The monoisotopic (exact) mass is 334 g/mol. The van der Waals surface area contributed by atoms with Gasteiger partial charge in [0.2, 0.25) is 5.91 Å². The van der Waals surface area contributed by atoms with Gasteiger partial charge in [-0.05, 0) is 50.4 Å². The van der Waals surface area contributed by atoms with Crippen molar-refractivity contribution in [2.24, 2.45) is 0 Å². The lowest BCUT2D eigenvalue weighted by atomic mass is 10.0. The lowest BCUT2D eigenvalue weighted by molar-refractivity contribution is -0.132. The summed E-state index contributed by atoms with van der Waals surface area (Å²) in [4.78, 5) is 16.7. The molecule has 0 bridgehead atoms. The maximum absolute atomic E-state index is 13.6. The highest BCUT2D eigenvalue weighted by atomic mass is 19.1. The smallest absolute Gasteiger partial charge is 0.222 e. The Morgan fingerprint density at radius 2 is 2.00 bits per heavy atom. The average molecular weight is 334 g/mol. The Morgan fingerprint density at radius 1 is 1.25 bits per heavy atom. The van der Waals surface area contributed by atoms with E-state index in [2.05, 4.69) is 9.80 Å². The maximum Gasteiger partial charge on any atom is 0.222 e. The molecule has 0 saturated carbocycles. The van der Waals surface area contributed by atoms with Gasteiger partial charge in [0.25, 0.3) is 0 Å². The zero-order chi connectivity index (χ0) is 17.1. The Kier molecular flexibility index (Phi) is 5.39. The van der Waals surface area contributed by atoms with Gasteiger partial charge in [0.1, 0.15) is 11.6 Å². The van der Waals surface area contributed by atoms with Crippen LogP contribution in [0.2, 0.25) is 0 Å². The van der Waals surface area contributed by atoms with Crippen LogP contribution in [0.5, 0.6) is 5.75 Å². The lowest BCUT2D eigenvalue weighted by Crippen LogP contribution is -2.47. The summed E-state index contributed by atoms with van der Waals surface area (Å²) in [5.41, 5.74) is 0.885. The van der Waals surface area contributed by atoms with Crippen molar-refractivity contribution in [1.29, 1.82) is 0 Å². The van der Waals surface area contributed by atoms with Crippen LogP contribution in [0.4, 0.5) is 4.39 Å². The molecule has 0 aromatic heterocycles. The third-order valence-electron chi connectivity index (χ3n) is 5.40. The van der Waals surface area contributed by atoms with Crippen molar-refractivity contribution in [1.82, 2.24) is 9.80 Å². The summed E-state index contributed by atoms with van der Waals surface area (Å²) in [5, 5.41) is 0. The normalized spacial score (nSPS) is 24.5. The second-order valence-electron chi connectivity index (χ2n) is 6.79. The van der Waals surface area contributed by atoms with Crippen LogP contribution < -0.4 is 4.74 Å². The maximum atomic E-state index is 13.6. The predicted octanol–water partition coefficient (Wildman–Crippen LogP) is 3.20. The van der Waals surface area contributed by atoms with Crippen molar-refractivity contribution >= 4 is 5.91 Å². The quantitative estimate of drug-likeness (QED) is 0.829. The fourth-order valence-electron chi connectivity index (χ4n) is 4.28. The molecule has 4 nitrogen and oxygen atoms in total. The van der Waals surface area contributed by atoms with E-state index in [0.717, 1.165) is 50.1 Å². The molecule has 5 heteroatoms. The van der Waals surface area contributed by atoms with Crippen LogP contribution in [-0.2, 0) is 11.3 Å². The summed E-state index contributed by atoms with van der Waals surface area (Å²) < 4.78 is 19.0. The van der Waals surface area contributed by atoms with Gasteiger partial charge in [-0.2, -0.15) is 0 Å².